The molecule has 0 N–H and O–H groups in total. The molecule has 0 radical (unpaired) electrons. The Balaban J connectivity index is 2.84. The molecule has 1 saturated carbocycles. The fraction of sp³-hybridized carbons (Fsp3) is 0.900. The van der Waals surface area contributed by atoms with E-state index in [2.05, 4.69) is 6.07 Å². The number of hydrogen-bond donors (Lipinski definition) is 0. The van der Waals surface area contributed by atoms with Gasteiger partial charge in [-0.2, -0.15) is 5.26 Å². The van der Waals surface area contributed by atoms with Crippen LogP contribution < -0.4 is 0 Å². The summed E-state index contributed by atoms with van der Waals surface area (Å²) in [4.78, 5) is 0. The second-order valence-electron chi connectivity index (χ2n) is 5.37. The van der Waals surface area contributed by atoms with E-state index in [1.165, 1.54) is 0 Å². The maximum atomic E-state index is 11.3. The first-order valence-electron chi connectivity index (χ1n) is 4.96. The average molecular weight is 250 g/mol. The molecule has 5 heteroatoms. The van der Waals surface area contributed by atoms with Crippen molar-refractivity contribution in [1.82, 2.24) is 0 Å². The molecule has 3 nitrogen and oxygen atoms in total. The molecular formula is C10H16ClNO2S. The first kappa shape index (κ1) is 12.8. The highest BCUT2D eigenvalue weighted by Crippen LogP contribution is 2.52. The maximum Gasteiger partial charge on any atom is 0.238 e. The van der Waals surface area contributed by atoms with Crippen LogP contribution in [0.15, 0.2) is 0 Å². The van der Waals surface area contributed by atoms with Crippen molar-refractivity contribution in [2.24, 2.45) is 11.3 Å². The number of halogens is 1. The molecule has 0 aliphatic heterocycles. The van der Waals surface area contributed by atoms with Crippen LogP contribution in [0.1, 0.15) is 40.0 Å². The second-order valence-corrected chi connectivity index (χ2v) is 8.33. The molecule has 0 heterocycles. The Labute approximate surface area is 95.8 Å². The minimum Gasteiger partial charge on any atom is -0.212 e. The SMILES string of the molecule is CC(C)(C)C(C#N)CC1(S(=O)(=O)Cl)CC1. The normalized spacial score (nSPS) is 21.8. The van der Waals surface area contributed by atoms with E-state index in [1.807, 2.05) is 20.8 Å². The lowest BCUT2D eigenvalue weighted by Gasteiger charge is -2.27. The fourth-order valence-corrected chi connectivity index (χ4v) is 3.21. The molecule has 0 saturated heterocycles. The second kappa shape index (κ2) is 3.64. The van der Waals surface area contributed by atoms with E-state index < -0.39 is 13.8 Å². The van der Waals surface area contributed by atoms with Gasteiger partial charge in [-0.05, 0) is 24.7 Å². The van der Waals surface area contributed by atoms with Gasteiger partial charge in [-0.1, -0.05) is 20.8 Å². The van der Waals surface area contributed by atoms with Crippen LogP contribution in [0.2, 0.25) is 0 Å². The Hall–Kier alpha value is -0.270. The molecule has 15 heavy (non-hydrogen) atoms. The fourth-order valence-electron chi connectivity index (χ4n) is 1.60. The van der Waals surface area contributed by atoms with E-state index in [0.29, 0.717) is 19.3 Å². The summed E-state index contributed by atoms with van der Waals surface area (Å²) < 4.78 is 21.9. The molecule has 0 aromatic heterocycles. The highest BCUT2D eigenvalue weighted by atomic mass is 35.7. The van der Waals surface area contributed by atoms with Crippen molar-refractivity contribution >= 4 is 19.7 Å². The summed E-state index contributed by atoms with van der Waals surface area (Å²) in [6.07, 6.45) is 1.54. The number of nitriles is 1. The smallest absolute Gasteiger partial charge is 0.212 e. The zero-order valence-corrected chi connectivity index (χ0v) is 10.8. The first-order valence-corrected chi connectivity index (χ1v) is 7.27. The standard InChI is InChI=1S/C10H16ClNO2S/c1-9(2,3)8(7-12)6-10(4-5-10)15(11,13)14/h8H,4-6H2,1-3H3. The molecule has 0 bridgehead atoms. The van der Waals surface area contributed by atoms with Crippen molar-refractivity contribution < 1.29 is 8.42 Å². The van der Waals surface area contributed by atoms with Crippen LogP contribution in [-0.2, 0) is 9.05 Å². The topological polar surface area (TPSA) is 57.9 Å². The number of hydrogen-bond acceptors (Lipinski definition) is 3. The molecule has 1 aliphatic carbocycles. The number of rotatable bonds is 3. The van der Waals surface area contributed by atoms with Gasteiger partial charge in [0, 0.05) is 10.7 Å². The summed E-state index contributed by atoms with van der Waals surface area (Å²) in [5, 5.41) is 9.03. The van der Waals surface area contributed by atoms with Gasteiger partial charge in [-0.3, -0.25) is 0 Å². The van der Waals surface area contributed by atoms with Crippen molar-refractivity contribution in [2.45, 2.75) is 44.8 Å². The lowest BCUT2D eigenvalue weighted by molar-refractivity contribution is 0.279. The highest BCUT2D eigenvalue weighted by Gasteiger charge is 2.55. The summed E-state index contributed by atoms with van der Waals surface area (Å²) in [6, 6.07) is 2.19. The minimum absolute atomic E-state index is 0.202. The summed E-state index contributed by atoms with van der Waals surface area (Å²) in [5.74, 6) is -0.270. The first-order chi connectivity index (χ1) is 6.62. The van der Waals surface area contributed by atoms with Gasteiger partial charge in [0.25, 0.3) is 0 Å². The third kappa shape index (κ3) is 2.64. The Morgan fingerprint density at radius 1 is 1.47 bits per heavy atom. The van der Waals surface area contributed by atoms with Crippen molar-refractivity contribution in [3.63, 3.8) is 0 Å². The van der Waals surface area contributed by atoms with Gasteiger partial charge in [-0.25, -0.2) is 8.42 Å². The highest BCUT2D eigenvalue weighted by molar-refractivity contribution is 8.15. The molecule has 1 aliphatic rings. The van der Waals surface area contributed by atoms with Gasteiger partial charge in [0.15, 0.2) is 0 Å². The van der Waals surface area contributed by atoms with Crippen molar-refractivity contribution in [3.8, 4) is 6.07 Å². The minimum atomic E-state index is -3.54. The molecule has 86 valence electrons. The van der Waals surface area contributed by atoms with Crippen LogP contribution in [0.5, 0.6) is 0 Å². The zero-order valence-electron chi connectivity index (χ0n) is 9.25. The molecule has 1 atom stereocenters. The van der Waals surface area contributed by atoms with E-state index in [4.69, 9.17) is 15.9 Å². The quantitative estimate of drug-likeness (QED) is 0.723. The van der Waals surface area contributed by atoms with Crippen molar-refractivity contribution in [3.05, 3.63) is 0 Å². The van der Waals surface area contributed by atoms with E-state index in [1.54, 1.807) is 0 Å². The summed E-state index contributed by atoms with van der Waals surface area (Å²) in [5.41, 5.74) is -0.202. The van der Waals surface area contributed by atoms with Crippen LogP contribution in [0.25, 0.3) is 0 Å². The molecule has 0 spiro atoms. The van der Waals surface area contributed by atoms with Gasteiger partial charge in [0.05, 0.1) is 16.7 Å². The predicted molar refractivity (Wildman–Crippen MR) is 59.9 cm³/mol. The molecule has 1 rings (SSSR count). The van der Waals surface area contributed by atoms with Crippen molar-refractivity contribution in [1.29, 1.82) is 5.26 Å². The molecular weight excluding hydrogens is 234 g/mol. The Morgan fingerprint density at radius 3 is 2.13 bits per heavy atom. The molecule has 1 fully saturated rings. The summed E-state index contributed by atoms with van der Waals surface area (Å²) in [7, 11) is 1.87. The zero-order chi connectivity index (χ0) is 11.9. The van der Waals surface area contributed by atoms with Crippen LogP contribution >= 0.6 is 10.7 Å². The third-order valence-corrected chi connectivity index (χ3v) is 5.69. The predicted octanol–water partition coefficient (Wildman–Crippen LogP) is 2.66. The molecule has 1 unspecified atom stereocenters. The third-order valence-electron chi connectivity index (χ3n) is 3.10. The van der Waals surface area contributed by atoms with Gasteiger partial charge in [-0.15, -0.1) is 0 Å². The van der Waals surface area contributed by atoms with Gasteiger partial charge in [0.1, 0.15) is 0 Å². The summed E-state index contributed by atoms with van der Waals surface area (Å²) >= 11 is 0. The van der Waals surface area contributed by atoms with Crippen LogP contribution in [0.3, 0.4) is 0 Å². The van der Waals surface area contributed by atoms with Gasteiger partial charge >= 0.3 is 0 Å². The van der Waals surface area contributed by atoms with E-state index in [-0.39, 0.29) is 11.3 Å². The van der Waals surface area contributed by atoms with Crippen LogP contribution in [0.4, 0.5) is 0 Å². The Bertz CT molecular complexity index is 385. The van der Waals surface area contributed by atoms with E-state index in [9.17, 15) is 8.42 Å². The number of nitrogens with zero attached hydrogens (tertiary/aromatic N) is 1. The Morgan fingerprint density at radius 2 is 1.93 bits per heavy atom. The van der Waals surface area contributed by atoms with Crippen molar-refractivity contribution in [2.75, 3.05) is 0 Å². The van der Waals surface area contributed by atoms with Crippen LogP contribution in [-0.4, -0.2) is 13.2 Å². The van der Waals surface area contributed by atoms with E-state index in [0.717, 1.165) is 0 Å². The van der Waals surface area contributed by atoms with Crippen LogP contribution in [0, 0.1) is 22.7 Å². The van der Waals surface area contributed by atoms with E-state index >= 15 is 0 Å². The molecule has 0 aromatic rings. The largest absolute Gasteiger partial charge is 0.238 e. The van der Waals surface area contributed by atoms with Gasteiger partial charge in [0.2, 0.25) is 9.05 Å². The molecule has 0 amide bonds. The Kier molecular flexibility index (Phi) is 3.10. The lowest BCUT2D eigenvalue weighted by atomic mass is 9.78. The summed E-state index contributed by atoms with van der Waals surface area (Å²) in [6.45, 7) is 5.83. The average Bonchev–Trinajstić information content (AvgIpc) is 2.76. The maximum absolute atomic E-state index is 11.3. The monoisotopic (exact) mass is 249 g/mol. The van der Waals surface area contributed by atoms with Gasteiger partial charge < -0.3 is 0 Å². The lowest BCUT2D eigenvalue weighted by Crippen LogP contribution is -2.28. The molecule has 0 aromatic carbocycles.